The van der Waals surface area contributed by atoms with Gasteiger partial charge < -0.3 is 0 Å². The van der Waals surface area contributed by atoms with Gasteiger partial charge in [0.15, 0.2) is 0 Å². The van der Waals surface area contributed by atoms with Crippen molar-refractivity contribution in [1.29, 1.82) is 0 Å². The van der Waals surface area contributed by atoms with Crippen molar-refractivity contribution in [3.63, 3.8) is 0 Å². The number of hydrogen-bond acceptors (Lipinski definition) is 1. The SMILES string of the molecule is C[C@H]1CN2CCCC2(C)C1. The maximum Gasteiger partial charge on any atom is 0.0185 e. The van der Waals surface area contributed by atoms with Gasteiger partial charge in [-0.15, -0.1) is 0 Å². The minimum atomic E-state index is 0.611. The van der Waals surface area contributed by atoms with Crippen LogP contribution in [0.4, 0.5) is 0 Å². The lowest BCUT2D eigenvalue weighted by Crippen LogP contribution is -2.34. The van der Waals surface area contributed by atoms with Crippen LogP contribution in [-0.2, 0) is 0 Å². The Bertz CT molecular complexity index is 144. The lowest BCUT2D eigenvalue weighted by atomic mass is 9.93. The van der Waals surface area contributed by atoms with Crippen molar-refractivity contribution < 1.29 is 0 Å². The Morgan fingerprint density at radius 1 is 1.50 bits per heavy atom. The summed E-state index contributed by atoms with van der Waals surface area (Å²) in [6, 6.07) is 0. The lowest BCUT2D eigenvalue weighted by molar-refractivity contribution is 0.218. The fourth-order valence-corrected chi connectivity index (χ4v) is 2.81. The molecule has 0 aromatic heterocycles. The molecular weight excluding hydrogens is 122 g/mol. The molecule has 2 saturated heterocycles. The molecular formula is C9H17N. The molecule has 2 aliphatic heterocycles. The molecule has 0 radical (unpaired) electrons. The largest absolute Gasteiger partial charge is 0.298 e. The molecule has 1 heteroatoms. The fourth-order valence-electron chi connectivity index (χ4n) is 2.81. The Labute approximate surface area is 63.4 Å². The minimum Gasteiger partial charge on any atom is -0.298 e. The van der Waals surface area contributed by atoms with Gasteiger partial charge in [-0.2, -0.15) is 0 Å². The summed E-state index contributed by atoms with van der Waals surface area (Å²) in [5.41, 5.74) is 0.611. The van der Waals surface area contributed by atoms with E-state index in [0.29, 0.717) is 5.54 Å². The number of fused-ring (bicyclic) bond motifs is 1. The van der Waals surface area contributed by atoms with Crippen LogP contribution in [0.5, 0.6) is 0 Å². The van der Waals surface area contributed by atoms with Crippen LogP contribution in [0.3, 0.4) is 0 Å². The smallest absolute Gasteiger partial charge is 0.0185 e. The predicted octanol–water partition coefficient (Wildman–Crippen LogP) is 1.88. The Balaban J connectivity index is 2.15. The van der Waals surface area contributed by atoms with E-state index in [1.807, 2.05) is 0 Å². The first kappa shape index (κ1) is 6.66. The van der Waals surface area contributed by atoms with Crippen LogP contribution in [0.1, 0.15) is 33.1 Å². The first-order valence-corrected chi connectivity index (χ1v) is 4.46. The van der Waals surface area contributed by atoms with Crippen molar-refractivity contribution >= 4 is 0 Å². The van der Waals surface area contributed by atoms with Gasteiger partial charge in [0, 0.05) is 12.1 Å². The Hall–Kier alpha value is -0.0400. The molecule has 0 aromatic rings. The number of hydrogen-bond donors (Lipinski definition) is 0. The molecule has 0 aliphatic carbocycles. The van der Waals surface area contributed by atoms with Crippen LogP contribution >= 0.6 is 0 Å². The summed E-state index contributed by atoms with van der Waals surface area (Å²) >= 11 is 0. The molecule has 2 rings (SSSR count). The average Bonchev–Trinajstić information content (AvgIpc) is 2.20. The van der Waals surface area contributed by atoms with Crippen molar-refractivity contribution in [3.8, 4) is 0 Å². The summed E-state index contributed by atoms with van der Waals surface area (Å²) in [6.07, 6.45) is 4.31. The monoisotopic (exact) mass is 139 g/mol. The van der Waals surface area contributed by atoms with Gasteiger partial charge in [0.1, 0.15) is 0 Å². The van der Waals surface area contributed by atoms with Crippen LogP contribution in [0.15, 0.2) is 0 Å². The summed E-state index contributed by atoms with van der Waals surface area (Å²) in [7, 11) is 0. The van der Waals surface area contributed by atoms with Gasteiger partial charge in [-0.25, -0.2) is 0 Å². The van der Waals surface area contributed by atoms with Gasteiger partial charge in [0.25, 0.3) is 0 Å². The molecule has 2 fully saturated rings. The highest BCUT2D eigenvalue weighted by Crippen LogP contribution is 2.40. The highest BCUT2D eigenvalue weighted by Gasteiger charge is 2.42. The zero-order valence-electron chi connectivity index (χ0n) is 7.06. The highest BCUT2D eigenvalue weighted by atomic mass is 15.2. The molecule has 2 aliphatic rings. The summed E-state index contributed by atoms with van der Waals surface area (Å²) in [6.45, 7) is 7.53. The third kappa shape index (κ3) is 0.800. The maximum absolute atomic E-state index is 2.68. The van der Waals surface area contributed by atoms with Crippen LogP contribution in [-0.4, -0.2) is 23.5 Å². The van der Waals surface area contributed by atoms with Gasteiger partial charge in [-0.05, 0) is 38.6 Å². The molecule has 0 N–H and O–H groups in total. The second-order valence-corrected chi connectivity index (χ2v) is 4.36. The van der Waals surface area contributed by atoms with E-state index in [-0.39, 0.29) is 0 Å². The molecule has 10 heavy (non-hydrogen) atoms. The Kier molecular flexibility index (Phi) is 1.31. The molecule has 0 saturated carbocycles. The summed E-state index contributed by atoms with van der Waals surface area (Å²) in [4.78, 5) is 2.68. The van der Waals surface area contributed by atoms with Crippen LogP contribution in [0, 0.1) is 5.92 Å². The van der Waals surface area contributed by atoms with E-state index in [1.165, 1.54) is 32.4 Å². The van der Waals surface area contributed by atoms with Crippen LogP contribution in [0.2, 0.25) is 0 Å². The fraction of sp³-hybridized carbons (Fsp3) is 1.00. The van der Waals surface area contributed by atoms with Crippen molar-refractivity contribution in [2.24, 2.45) is 5.92 Å². The van der Waals surface area contributed by atoms with E-state index < -0.39 is 0 Å². The van der Waals surface area contributed by atoms with E-state index in [1.54, 1.807) is 0 Å². The molecule has 58 valence electrons. The van der Waals surface area contributed by atoms with Crippen molar-refractivity contribution in [1.82, 2.24) is 4.90 Å². The summed E-state index contributed by atoms with van der Waals surface area (Å²) < 4.78 is 0. The molecule has 2 heterocycles. The van der Waals surface area contributed by atoms with Crippen molar-refractivity contribution in [2.75, 3.05) is 13.1 Å². The zero-order valence-corrected chi connectivity index (χ0v) is 7.06. The quantitative estimate of drug-likeness (QED) is 0.495. The van der Waals surface area contributed by atoms with E-state index in [2.05, 4.69) is 18.7 Å². The lowest BCUT2D eigenvalue weighted by Gasteiger charge is -2.26. The molecule has 0 bridgehead atoms. The van der Waals surface area contributed by atoms with Gasteiger partial charge in [0.05, 0.1) is 0 Å². The predicted molar refractivity (Wildman–Crippen MR) is 43.0 cm³/mol. The van der Waals surface area contributed by atoms with Gasteiger partial charge in [-0.3, -0.25) is 4.90 Å². The zero-order chi connectivity index (χ0) is 7.19. The van der Waals surface area contributed by atoms with E-state index >= 15 is 0 Å². The second kappa shape index (κ2) is 1.97. The van der Waals surface area contributed by atoms with Crippen molar-refractivity contribution in [2.45, 2.75) is 38.6 Å². The summed E-state index contributed by atoms with van der Waals surface area (Å²) in [5, 5.41) is 0. The first-order chi connectivity index (χ1) is 4.71. The van der Waals surface area contributed by atoms with Crippen LogP contribution in [0.25, 0.3) is 0 Å². The standard InChI is InChI=1S/C9H17N/c1-8-6-9(2)4-3-5-10(9)7-8/h8H,3-7H2,1-2H3/t8-,9?/m1/s1. The molecule has 1 nitrogen and oxygen atoms in total. The van der Waals surface area contributed by atoms with Crippen molar-refractivity contribution in [3.05, 3.63) is 0 Å². The van der Waals surface area contributed by atoms with E-state index in [0.717, 1.165) is 5.92 Å². The first-order valence-electron chi connectivity index (χ1n) is 4.46. The van der Waals surface area contributed by atoms with E-state index in [9.17, 15) is 0 Å². The number of rotatable bonds is 0. The van der Waals surface area contributed by atoms with Gasteiger partial charge in [-0.1, -0.05) is 6.92 Å². The highest BCUT2D eigenvalue weighted by molar-refractivity contribution is 4.98. The maximum atomic E-state index is 2.68. The van der Waals surface area contributed by atoms with Crippen LogP contribution < -0.4 is 0 Å². The van der Waals surface area contributed by atoms with Gasteiger partial charge >= 0.3 is 0 Å². The Morgan fingerprint density at radius 3 is 3.00 bits per heavy atom. The molecule has 0 amide bonds. The molecule has 0 aromatic carbocycles. The molecule has 0 spiro atoms. The normalized spacial score (nSPS) is 48.0. The minimum absolute atomic E-state index is 0.611. The number of nitrogens with zero attached hydrogens (tertiary/aromatic N) is 1. The van der Waals surface area contributed by atoms with Gasteiger partial charge in [0.2, 0.25) is 0 Å². The summed E-state index contributed by atoms with van der Waals surface area (Å²) in [5.74, 6) is 0.949. The third-order valence-corrected chi connectivity index (χ3v) is 3.23. The third-order valence-electron chi connectivity index (χ3n) is 3.23. The topological polar surface area (TPSA) is 3.24 Å². The second-order valence-electron chi connectivity index (χ2n) is 4.36. The Morgan fingerprint density at radius 2 is 2.30 bits per heavy atom. The molecule has 2 atom stereocenters. The molecule has 1 unspecified atom stereocenters. The van der Waals surface area contributed by atoms with E-state index in [4.69, 9.17) is 0 Å². The average molecular weight is 139 g/mol.